The Morgan fingerprint density at radius 2 is 1.90 bits per heavy atom. The Labute approximate surface area is 229 Å². The SMILES string of the molecule is Cc1c(C(=O)O)ccc2c1CC[C@@H]2NC(=O)c1cc(C(=O)NCc2cccc(NS(C)(=O)=O)c2)nc2ccnn12. The van der Waals surface area contributed by atoms with Crippen LogP contribution in [0, 0.1) is 6.92 Å². The number of carbonyl (C=O) groups is 3. The number of hydrogen-bond acceptors (Lipinski definition) is 7. The number of hydrogen-bond donors (Lipinski definition) is 4. The Balaban J connectivity index is 1.35. The van der Waals surface area contributed by atoms with Crippen LogP contribution in [0.5, 0.6) is 0 Å². The molecule has 0 spiro atoms. The molecule has 0 saturated heterocycles. The molecule has 0 fully saturated rings. The number of amides is 2. The first-order valence-corrected chi connectivity index (χ1v) is 14.3. The molecule has 0 unspecified atom stereocenters. The van der Waals surface area contributed by atoms with Crippen LogP contribution >= 0.6 is 0 Å². The molecule has 206 valence electrons. The second kappa shape index (κ2) is 10.4. The zero-order valence-corrected chi connectivity index (χ0v) is 22.4. The lowest BCUT2D eigenvalue weighted by Gasteiger charge is -2.16. The fourth-order valence-corrected chi connectivity index (χ4v) is 5.47. The molecule has 4 aromatic rings. The van der Waals surface area contributed by atoms with E-state index in [0.29, 0.717) is 35.3 Å². The number of benzene rings is 2. The van der Waals surface area contributed by atoms with Crippen LogP contribution in [0.3, 0.4) is 0 Å². The first-order chi connectivity index (χ1) is 19.0. The Morgan fingerprint density at radius 3 is 2.65 bits per heavy atom. The summed E-state index contributed by atoms with van der Waals surface area (Å²) in [7, 11) is -3.45. The molecule has 0 saturated carbocycles. The summed E-state index contributed by atoms with van der Waals surface area (Å²) in [6.45, 7) is 1.87. The number of nitrogens with zero attached hydrogens (tertiary/aromatic N) is 3. The molecular weight excluding hydrogens is 536 g/mol. The predicted octanol–water partition coefficient (Wildman–Crippen LogP) is 2.45. The molecule has 1 aliphatic carbocycles. The maximum Gasteiger partial charge on any atom is 0.335 e. The fourth-order valence-electron chi connectivity index (χ4n) is 4.92. The van der Waals surface area contributed by atoms with Gasteiger partial charge in [0.15, 0.2) is 5.65 Å². The number of carboxylic acids is 1. The summed E-state index contributed by atoms with van der Waals surface area (Å²) >= 11 is 0. The van der Waals surface area contributed by atoms with Crippen molar-refractivity contribution in [1.82, 2.24) is 25.2 Å². The molecule has 2 aromatic carbocycles. The van der Waals surface area contributed by atoms with E-state index in [4.69, 9.17) is 0 Å². The minimum atomic E-state index is -3.45. The van der Waals surface area contributed by atoms with Crippen molar-refractivity contribution in [1.29, 1.82) is 0 Å². The molecule has 1 atom stereocenters. The highest BCUT2D eigenvalue weighted by Gasteiger charge is 2.28. The van der Waals surface area contributed by atoms with Crippen molar-refractivity contribution in [3.05, 3.63) is 93.9 Å². The fraction of sp³-hybridized carbons (Fsp3) is 0.222. The lowest BCUT2D eigenvalue weighted by atomic mass is 9.98. The summed E-state index contributed by atoms with van der Waals surface area (Å²) in [6.07, 6.45) is 3.77. The highest BCUT2D eigenvalue weighted by atomic mass is 32.2. The molecule has 1 aliphatic rings. The van der Waals surface area contributed by atoms with Crippen LogP contribution in [0.1, 0.15) is 66.1 Å². The van der Waals surface area contributed by atoms with Gasteiger partial charge in [-0.3, -0.25) is 14.3 Å². The van der Waals surface area contributed by atoms with Gasteiger partial charge in [-0.1, -0.05) is 18.2 Å². The molecule has 2 aromatic heterocycles. The van der Waals surface area contributed by atoms with Crippen molar-refractivity contribution in [3.8, 4) is 0 Å². The first-order valence-electron chi connectivity index (χ1n) is 12.4. The minimum absolute atomic E-state index is 0.0114. The molecule has 2 heterocycles. The van der Waals surface area contributed by atoms with Gasteiger partial charge in [-0.2, -0.15) is 5.10 Å². The van der Waals surface area contributed by atoms with Crippen LogP contribution in [0.15, 0.2) is 54.7 Å². The van der Waals surface area contributed by atoms with Crippen molar-refractivity contribution in [2.45, 2.75) is 32.4 Å². The average molecular weight is 563 g/mol. The maximum absolute atomic E-state index is 13.4. The quantitative estimate of drug-likeness (QED) is 0.254. The smallest absolute Gasteiger partial charge is 0.335 e. The van der Waals surface area contributed by atoms with Gasteiger partial charge in [0.2, 0.25) is 10.0 Å². The van der Waals surface area contributed by atoms with Crippen molar-refractivity contribution in [2.24, 2.45) is 0 Å². The predicted molar refractivity (Wildman–Crippen MR) is 146 cm³/mol. The van der Waals surface area contributed by atoms with E-state index in [-0.39, 0.29) is 29.5 Å². The molecule has 0 aliphatic heterocycles. The van der Waals surface area contributed by atoms with Crippen LogP contribution < -0.4 is 15.4 Å². The summed E-state index contributed by atoms with van der Waals surface area (Å²) in [5.41, 5.74) is 4.19. The Bertz CT molecular complexity index is 1780. The summed E-state index contributed by atoms with van der Waals surface area (Å²) in [5, 5.41) is 19.3. The van der Waals surface area contributed by atoms with Gasteiger partial charge < -0.3 is 15.7 Å². The molecule has 40 heavy (non-hydrogen) atoms. The maximum atomic E-state index is 13.4. The van der Waals surface area contributed by atoms with E-state index in [1.54, 1.807) is 49.4 Å². The van der Waals surface area contributed by atoms with Gasteiger partial charge >= 0.3 is 5.97 Å². The number of rotatable bonds is 8. The molecular formula is C27H26N6O6S. The molecule has 2 amide bonds. The minimum Gasteiger partial charge on any atom is -0.478 e. The van der Waals surface area contributed by atoms with E-state index >= 15 is 0 Å². The Morgan fingerprint density at radius 1 is 1.10 bits per heavy atom. The third-order valence-corrected chi connectivity index (χ3v) is 7.34. The van der Waals surface area contributed by atoms with Crippen LogP contribution in [0.2, 0.25) is 0 Å². The van der Waals surface area contributed by atoms with Crippen LogP contribution in [-0.4, -0.2) is 52.2 Å². The molecule has 0 radical (unpaired) electrons. The summed E-state index contributed by atoms with van der Waals surface area (Å²) in [4.78, 5) is 42.2. The number of aromatic carboxylic acids is 1. The topological polar surface area (TPSA) is 172 Å². The second-order valence-electron chi connectivity index (χ2n) is 9.56. The lowest BCUT2D eigenvalue weighted by molar-refractivity contribution is 0.0695. The number of carbonyl (C=O) groups excluding carboxylic acids is 2. The van der Waals surface area contributed by atoms with Gasteiger partial charge in [-0.15, -0.1) is 0 Å². The third-order valence-electron chi connectivity index (χ3n) is 6.74. The van der Waals surface area contributed by atoms with Gasteiger partial charge in [-0.05, 0) is 60.2 Å². The third kappa shape index (κ3) is 5.50. The number of sulfonamides is 1. The van der Waals surface area contributed by atoms with Crippen molar-refractivity contribution in [2.75, 3.05) is 11.0 Å². The van der Waals surface area contributed by atoms with Crippen LogP contribution in [0.4, 0.5) is 5.69 Å². The zero-order chi connectivity index (χ0) is 28.6. The average Bonchev–Trinajstić information content (AvgIpc) is 3.53. The monoisotopic (exact) mass is 562 g/mol. The van der Waals surface area contributed by atoms with Gasteiger partial charge in [-0.25, -0.2) is 22.7 Å². The van der Waals surface area contributed by atoms with Gasteiger partial charge in [0.05, 0.1) is 24.1 Å². The summed E-state index contributed by atoms with van der Waals surface area (Å²) in [6, 6.07) is 12.5. The molecule has 13 heteroatoms. The van der Waals surface area contributed by atoms with Gasteiger partial charge in [0.25, 0.3) is 11.8 Å². The summed E-state index contributed by atoms with van der Waals surface area (Å²) in [5.74, 6) is -1.97. The van der Waals surface area contributed by atoms with E-state index in [1.165, 1.54) is 16.8 Å². The number of nitrogens with one attached hydrogen (secondary N) is 3. The highest BCUT2D eigenvalue weighted by Crippen LogP contribution is 2.35. The van der Waals surface area contributed by atoms with Gasteiger partial charge in [0.1, 0.15) is 11.4 Å². The molecule has 0 bridgehead atoms. The van der Waals surface area contributed by atoms with E-state index in [1.807, 2.05) is 0 Å². The molecule has 4 N–H and O–H groups in total. The lowest BCUT2D eigenvalue weighted by Crippen LogP contribution is -2.30. The summed E-state index contributed by atoms with van der Waals surface area (Å²) < 4.78 is 26.8. The van der Waals surface area contributed by atoms with E-state index < -0.39 is 27.8 Å². The largest absolute Gasteiger partial charge is 0.478 e. The number of fused-ring (bicyclic) bond motifs is 2. The second-order valence-corrected chi connectivity index (χ2v) is 11.3. The Hall–Kier alpha value is -4.78. The molecule has 12 nitrogen and oxygen atoms in total. The standard InChI is InChI=1S/C27H26N6O6S/c1-15-18-8-9-21(20(18)7-6-19(15)27(36)37)31-26(35)23-13-22(30-24-10-11-29-33(23)24)25(34)28-14-16-4-3-5-17(12-16)32-40(2,38)39/h3-7,10-13,21,32H,8-9,14H2,1-2H3,(H,28,34)(H,31,35)(H,36,37)/t21-/m0/s1. The van der Waals surface area contributed by atoms with Crippen molar-refractivity contribution >= 4 is 39.1 Å². The first kappa shape index (κ1) is 26.8. The highest BCUT2D eigenvalue weighted by molar-refractivity contribution is 7.92. The van der Waals surface area contributed by atoms with E-state index in [0.717, 1.165) is 17.4 Å². The normalized spacial score (nSPS) is 14.5. The van der Waals surface area contributed by atoms with Crippen LogP contribution in [-0.2, 0) is 23.0 Å². The zero-order valence-electron chi connectivity index (χ0n) is 21.6. The number of anilines is 1. The van der Waals surface area contributed by atoms with Crippen LogP contribution in [0.25, 0.3) is 5.65 Å². The number of carboxylic acid groups (broad SMARTS) is 1. The molecule has 5 rings (SSSR count). The van der Waals surface area contributed by atoms with E-state index in [9.17, 15) is 27.9 Å². The number of aromatic nitrogens is 3. The van der Waals surface area contributed by atoms with E-state index in [2.05, 4.69) is 25.4 Å². The van der Waals surface area contributed by atoms with Crippen molar-refractivity contribution in [3.63, 3.8) is 0 Å². The Kier molecular flexibility index (Phi) is 6.98. The van der Waals surface area contributed by atoms with Crippen molar-refractivity contribution < 1.29 is 27.9 Å². The van der Waals surface area contributed by atoms with Gasteiger partial charge in [0, 0.05) is 24.4 Å².